The molecule has 0 radical (unpaired) electrons. The molecule has 1 heteroatoms. The van der Waals surface area contributed by atoms with Crippen LogP contribution in [-0.2, 0) is 0 Å². The minimum absolute atomic E-state index is 1.01. The Morgan fingerprint density at radius 1 is 1.09 bits per heavy atom. The second-order valence-corrected chi connectivity index (χ2v) is 4.94. The first kappa shape index (κ1) is 15.7. The molecule has 0 fully saturated rings. The summed E-state index contributed by atoms with van der Waals surface area (Å²) >= 11 is 0. The maximum absolute atomic E-state index is 4.73. The highest BCUT2D eigenvalue weighted by atomic mass is 14.7. The van der Waals surface area contributed by atoms with Crippen molar-refractivity contribution in [3.8, 4) is 0 Å². The van der Waals surface area contributed by atoms with Crippen LogP contribution in [0.4, 0.5) is 0 Å². The molecule has 0 N–H and O–H groups in total. The lowest BCUT2D eigenvalue weighted by atomic mass is 9.93. The summed E-state index contributed by atoms with van der Waals surface area (Å²) < 4.78 is 0. The van der Waals surface area contributed by atoms with Gasteiger partial charge in [-0.25, -0.2) is 0 Å². The monoisotopic (exact) mass is 287 g/mol. The number of hydrogen-bond acceptors (Lipinski definition) is 1. The summed E-state index contributed by atoms with van der Waals surface area (Å²) in [5.74, 6) is 0. The van der Waals surface area contributed by atoms with Gasteiger partial charge in [-0.15, -0.1) is 0 Å². The number of aryl methyl sites for hydroxylation is 1. The van der Waals surface area contributed by atoms with E-state index in [2.05, 4.69) is 43.5 Å². The van der Waals surface area contributed by atoms with E-state index in [1.807, 2.05) is 38.1 Å². The van der Waals surface area contributed by atoms with Crippen molar-refractivity contribution in [2.45, 2.75) is 13.8 Å². The third-order valence-electron chi connectivity index (χ3n) is 3.53. The fraction of sp³-hybridized carbons (Fsp3) is 0.0952. The third-order valence-corrected chi connectivity index (χ3v) is 3.53. The number of nitrogens with zero attached hydrogens (tertiary/aromatic N) is 1. The molecule has 2 aromatic rings. The highest BCUT2D eigenvalue weighted by Gasteiger charge is 2.12. The van der Waals surface area contributed by atoms with Crippen LogP contribution in [-0.4, -0.2) is 4.98 Å². The molecule has 2 rings (SSSR count). The van der Waals surface area contributed by atoms with E-state index < -0.39 is 0 Å². The van der Waals surface area contributed by atoms with Gasteiger partial charge < -0.3 is 0 Å². The molecule has 0 amide bonds. The van der Waals surface area contributed by atoms with Gasteiger partial charge in [0.2, 0.25) is 0 Å². The van der Waals surface area contributed by atoms with Crippen LogP contribution in [0.1, 0.15) is 23.7 Å². The minimum Gasteiger partial charge on any atom is -0.252 e. The first-order valence-electron chi connectivity index (χ1n) is 7.37. The van der Waals surface area contributed by atoms with Crippen molar-refractivity contribution >= 4 is 22.6 Å². The number of hydrogen-bond donors (Lipinski definition) is 0. The number of pyridine rings is 1. The van der Waals surface area contributed by atoms with Gasteiger partial charge in [0, 0.05) is 16.6 Å². The fourth-order valence-electron chi connectivity index (χ4n) is 2.52. The highest BCUT2D eigenvalue weighted by Crippen LogP contribution is 2.31. The summed E-state index contributed by atoms with van der Waals surface area (Å²) in [5.41, 5.74) is 5.50. The minimum atomic E-state index is 1.01. The van der Waals surface area contributed by atoms with E-state index in [1.54, 1.807) is 12.2 Å². The van der Waals surface area contributed by atoms with E-state index in [0.717, 1.165) is 27.7 Å². The molecule has 110 valence electrons. The van der Waals surface area contributed by atoms with Crippen LogP contribution >= 0.6 is 0 Å². The molecular weight excluding hydrogens is 266 g/mol. The Kier molecular flexibility index (Phi) is 5.26. The van der Waals surface area contributed by atoms with Gasteiger partial charge in [0.1, 0.15) is 0 Å². The Morgan fingerprint density at radius 2 is 1.82 bits per heavy atom. The summed E-state index contributed by atoms with van der Waals surface area (Å²) in [6.45, 7) is 11.6. The molecular formula is C21H21N. The van der Waals surface area contributed by atoms with E-state index in [1.165, 1.54) is 5.56 Å². The fourth-order valence-corrected chi connectivity index (χ4v) is 2.52. The SMILES string of the molecule is C=C/C=C\C(=C/C)c1c(/C=C\C=C)c(C)nc2ccccc12. The highest BCUT2D eigenvalue weighted by molar-refractivity contribution is 5.98. The Bertz CT molecular complexity index is 789. The number of benzene rings is 1. The number of aromatic nitrogens is 1. The average molecular weight is 287 g/mol. The summed E-state index contributed by atoms with van der Waals surface area (Å²) in [5, 5.41) is 1.15. The summed E-state index contributed by atoms with van der Waals surface area (Å²) in [6.07, 6.45) is 13.8. The van der Waals surface area contributed by atoms with Crippen molar-refractivity contribution in [3.63, 3.8) is 0 Å². The van der Waals surface area contributed by atoms with E-state index in [9.17, 15) is 0 Å². The molecule has 1 nitrogen and oxygen atoms in total. The number of para-hydroxylation sites is 1. The molecule has 0 atom stereocenters. The zero-order chi connectivity index (χ0) is 15.9. The van der Waals surface area contributed by atoms with E-state index in [0.29, 0.717) is 0 Å². The van der Waals surface area contributed by atoms with E-state index in [-0.39, 0.29) is 0 Å². The van der Waals surface area contributed by atoms with Gasteiger partial charge in [-0.3, -0.25) is 4.98 Å². The number of rotatable bonds is 5. The Hall–Kier alpha value is -2.67. The Labute approximate surface area is 132 Å². The van der Waals surface area contributed by atoms with Gasteiger partial charge in [-0.2, -0.15) is 0 Å². The predicted octanol–water partition coefficient (Wildman–Crippen LogP) is 5.89. The van der Waals surface area contributed by atoms with E-state index in [4.69, 9.17) is 4.98 Å². The van der Waals surface area contributed by atoms with Gasteiger partial charge >= 0.3 is 0 Å². The number of fused-ring (bicyclic) bond motifs is 1. The Morgan fingerprint density at radius 3 is 2.50 bits per heavy atom. The van der Waals surface area contributed by atoms with Crippen LogP contribution in [0.3, 0.4) is 0 Å². The van der Waals surface area contributed by atoms with Crippen molar-refractivity contribution in [1.29, 1.82) is 0 Å². The Balaban J connectivity index is 2.86. The zero-order valence-electron chi connectivity index (χ0n) is 13.2. The maximum Gasteiger partial charge on any atom is 0.0711 e. The molecule has 22 heavy (non-hydrogen) atoms. The standard InChI is InChI=1S/C21H21N/c1-5-8-12-17(7-3)21-18(13-9-6-2)16(4)22-20-15-11-10-14-19(20)21/h5-15H,1-2H2,3-4H3/b12-8-,13-9-,17-7+. The quantitative estimate of drug-likeness (QED) is 0.625. The lowest BCUT2D eigenvalue weighted by Gasteiger charge is -2.14. The van der Waals surface area contributed by atoms with Crippen LogP contribution in [0.5, 0.6) is 0 Å². The smallest absolute Gasteiger partial charge is 0.0711 e. The lowest BCUT2D eigenvalue weighted by Crippen LogP contribution is -1.97. The zero-order valence-corrected chi connectivity index (χ0v) is 13.2. The topological polar surface area (TPSA) is 12.9 Å². The van der Waals surface area contributed by atoms with Gasteiger partial charge in [0.15, 0.2) is 0 Å². The van der Waals surface area contributed by atoms with Crippen LogP contribution in [0, 0.1) is 6.92 Å². The summed E-state index contributed by atoms with van der Waals surface area (Å²) in [4.78, 5) is 4.73. The van der Waals surface area contributed by atoms with Crippen molar-refractivity contribution in [1.82, 2.24) is 4.98 Å². The van der Waals surface area contributed by atoms with Gasteiger partial charge in [0.05, 0.1) is 5.52 Å². The average Bonchev–Trinajstić information content (AvgIpc) is 2.54. The molecule has 0 spiro atoms. The third kappa shape index (κ3) is 3.15. The van der Waals surface area contributed by atoms with Crippen LogP contribution in [0.25, 0.3) is 22.6 Å². The first-order chi connectivity index (χ1) is 10.7. The molecule has 0 aliphatic heterocycles. The first-order valence-corrected chi connectivity index (χ1v) is 7.37. The second-order valence-electron chi connectivity index (χ2n) is 4.94. The normalized spacial score (nSPS) is 12.4. The van der Waals surface area contributed by atoms with Crippen LogP contribution in [0.15, 0.2) is 73.9 Å². The molecule has 1 aromatic carbocycles. The molecule has 0 aliphatic rings. The number of allylic oxidation sites excluding steroid dienone is 7. The molecule has 0 aliphatic carbocycles. The largest absolute Gasteiger partial charge is 0.252 e. The van der Waals surface area contributed by atoms with Crippen molar-refractivity contribution in [3.05, 3.63) is 90.7 Å². The summed E-state index contributed by atoms with van der Waals surface area (Å²) in [6, 6.07) is 8.24. The molecule has 1 aromatic heterocycles. The maximum atomic E-state index is 4.73. The molecule has 0 unspecified atom stereocenters. The van der Waals surface area contributed by atoms with Crippen molar-refractivity contribution in [2.24, 2.45) is 0 Å². The van der Waals surface area contributed by atoms with Gasteiger partial charge in [-0.05, 0) is 31.1 Å². The summed E-state index contributed by atoms with van der Waals surface area (Å²) in [7, 11) is 0. The molecule has 1 heterocycles. The van der Waals surface area contributed by atoms with E-state index >= 15 is 0 Å². The molecule has 0 saturated heterocycles. The van der Waals surface area contributed by atoms with Gasteiger partial charge in [0.25, 0.3) is 0 Å². The van der Waals surface area contributed by atoms with Crippen LogP contribution in [0.2, 0.25) is 0 Å². The lowest BCUT2D eigenvalue weighted by molar-refractivity contribution is 1.23. The van der Waals surface area contributed by atoms with Crippen LogP contribution < -0.4 is 0 Å². The molecule has 0 saturated carbocycles. The van der Waals surface area contributed by atoms with Crippen molar-refractivity contribution in [2.75, 3.05) is 0 Å². The van der Waals surface area contributed by atoms with Gasteiger partial charge in [-0.1, -0.05) is 73.9 Å². The second kappa shape index (κ2) is 7.37. The van der Waals surface area contributed by atoms with Crippen molar-refractivity contribution < 1.29 is 0 Å². The molecule has 0 bridgehead atoms. The predicted molar refractivity (Wildman–Crippen MR) is 98.7 cm³/mol.